The molecule has 0 aromatic rings. The maximum Gasteiger partial charge on any atom is 0.348 e. The summed E-state index contributed by atoms with van der Waals surface area (Å²) in [5.74, 6) is 0.821. The molecule has 1 fully saturated rings. The van der Waals surface area contributed by atoms with E-state index in [-0.39, 0.29) is 12.1 Å². The van der Waals surface area contributed by atoms with Crippen LogP contribution in [0.1, 0.15) is 13.3 Å². The molecular formula is C8H17BO6P2S. The molecule has 0 aromatic heterocycles. The number of hydrogen-bond donors (Lipinski definition) is 3. The van der Waals surface area contributed by atoms with Crippen LogP contribution in [-0.2, 0) is 25.6 Å². The van der Waals surface area contributed by atoms with Crippen molar-refractivity contribution in [3.8, 4) is 0 Å². The van der Waals surface area contributed by atoms with E-state index in [9.17, 15) is 9.46 Å². The van der Waals surface area contributed by atoms with E-state index >= 15 is 0 Å². The first-order valence-electron chi connectivity index (χ1n) is 5.53. The van der Waals surface area contributed by atoms with Gasteiger partial charge in [0.25, 0.3) is 0 Å². The van der Waals surface area contributed by atoms with E-state index in [1.807, 2.05) is 0 Å². The van der Waals surface area contributed by atoms with Crippen LogP contribution < -0.4 is 0 Å². The molecule has 18 heavy (non-hydrogen) atoms. The molecule has 4 atom stereocenters. The molecule has 0 amide bonds. The lowest BCUT2D eigenvalue weighted by molar-refractivity contribution is 0.0865. The second-order valence-corrected chi connectivity index (χ2v) is 9.45. The molecule has 3 N–H and O–H groups in total. The number of hydrogen-bond acceptors (Lipinski definition) is 4. The van der Waals surface area contributed by atoms with Crippen LogP contribution in [0.4, 0.5) is 0 Å². The third-order valence-electron chi connectivity index (χ3n) is 2.57. The summed E-state index contributed by atoms with van der Waals surface area (Å²) < 4.78 is 21.6. The predicted octanol–water partition coefficient (Wildman–Crippen LogP) is 0.133. The Morgan fingerprint density at radius 2 is 2.17 bits per heavy atom. The molecule has 0 aliphatic carbocycles. The molecule has 0 aromatic carbocycles. The molecule has 0 saturated carbocycles. The van der Waals surface area contributed by atoms with E-state index < -0.39 is 20.2 Å². The molecule has 0 radical (unpaired) electrons. The van der Waals surface area contributed by atoms with Crippen LogP contribution in [0, 0.1) is 0 Å². The third kappa shape index (κ3) is 5.64. The lowest BCUT2D eigenvalue weighted by atomic mass is 9.94. The monoisotopic (exact) mass is 314 g/mol. The average Bonchev–Trinajstić information content (AvgIpc) is 2.55. The summed E-state index contributed by atoms with van der Waals surface area (Å²) in [6.45, 7) is -1.01. The highest BCUT2D eigenvalue weighted by atomic mass is 32.5. The van der Waals surface area contributed by atoms with Crippen molar-refractivity contribution in [2.75, 3.05) is 6.16 Å². The summed E-state index contributed by atoms with van der Waals surface area (Å²) in [7, 11) is -2.39. The van der Waals surface area contributed by atoms with Gasteiger partial charge in [-0.25, -0.2) is 0 Å². The standard InChI is InChI=1S/C8H17BO6P2S/c1-2-17(13,18)15-7-5-6(14-8(7)9)3-4-16(10,11)12/h3-4,6-8H,2,5,9H2,1H3,(H,13,18)(H2,10,11,12)/b4-3+/t6-,7?,8-,17?/m1/s1. The van der Waals surface area contributed by atoms with Gasteiger partial charge in [-0.1, -0.05) is 6.92 Å². The summed E-state index contributed by atoms with van der Waals surface area (Å²) in [6, 6.07) is -0.266. The van der Waals surface area contributed by atoms with E-state index in [1.54, 1.807) is 14.8 Å². The SMILES string of the molecule is B[C@@H]1O[C@H](/C=C/P(=O)(O)O)CC1OP(O)(=S)CC. The van der Waals surface area contributed by atoms with Gasteiger partial charge in [0.15, 0.2) is 6.49 Å². The summed E-state index contributed by atoms with van der Waals surface area (Å²) in [5, 5.41) is 0. The molecule has 0 spiro atoms. The fourth-order valence-corrected chi connectivity index (χ4v) is 3.16. The molecule has 0 bridgehead atoms. The van der Waals surface area contributed by atoms with Gasteiger partial charge >= 0.3 is 7.60 Å². The zero-order valence-corrected chi connectivity index (χ0v) is 12.8. The largest absolute Gasteiger partial charge is 0.377 e. The fraction of sp³-hybridized carbons (Fsp3) is 0.750. The number of rotatable bonds is 5. The Balaban J connectivity index is 2.60. The lowest BCUT2D eigenvalue weighted by Gasteiger charge is -2.21. The van der Waals surface area contributed by atoms with Gasteiger partial charge in [-0.3, -0.25) is 4.57 Å². The third-order valence-corrected chi connectivity index (χ3v) is 5.57. The van der Waals surface area contributed by atoms with E-state index in [1.165, 1.54) is 6.08 Å². The minimum absolute atomic E-state index is 0.266. The quantitative estimate of drug-likeness (QED) is 0.490. The van der Waals surface area contributed by atoms with Gasteiger partial charge in [0.05, 0.1) is 18.2 Å². The van der Waals surface area contributed by atoms with Crippen molar-refractivity contribution in [2.24, 2.45) is 0 Å². The van der Waals surface area contributed by atoms with Crippen LogP contribution in [0.15, 0.2) is 11.9 Å². The predicted molar refractivity (Wildman–Crippen MR) is 74.9 cm³/mol. The van der Waals surface area contributed by atoms with E-state index in [2.05, 4.69) is 0 Å². The minimum Gasteiger partial charge on any atom is -0.377 e. The maximum atomic E-state index is 10.7. The van der Waals surface area contributed by atoms with Gasteiger partial charge < -0.3 is 23.9 Å². The van der Waals surface area contributed by atoms with E-state index in [0.717, 1.165) is 5.82 Å². The van der Waals surface area contributed by atoms with Crippen molar-refractivity contribution < 1.29 is 28.5 Å². The van der Waals surface area contributed by atoms with Crippen molar-refractivity contribution in [1.82, 2.24) is 0 Å². The van der Waals surface area contributed by atoms with Crippen LogP contribution in [-0.4, -0.2) is 46.9 Å². The molecule has 1 rings (SSSR count). The Labute approximate surface area is 112 Å². The Morgan fingerprint density at radius 3 is 2.67 bits per heavy atom. The van der Waals surface area contributed by atoms with Gasteiger partial charge in [-0.2, -0.15) is 0 Å². The Hall–Kier alpha value is 0.485. The van der Waals surface area contributed by atoms with Crippen LogP contribution in [0.5, 0.6) is 0 Å². The minimum atomic E-state index is -4.17. The highest BCUT2D eigenvalue weighted by Gasteiger charge is 2.34. The van der Waals surface area contributed by atoms with Crippen molar-refractivity contribution in [2.45, 2.75) is 31.6 Å². The second kappa shape index (κ2) is 6.29. The van der Waals surface area contributed by atoms with Gasteiger partial charge in [-0.15, -0.1) is 0 Å². The molecule has 1 saturated heterocycles. The average molecular weight is 314 g/mol. The molecule has 104 valence electrons. The van der Waals surface area contributed by atoms with Gasteiger partial charge in [0.2, 0.25) is 0 Å². The Kier molecular flexibility index (Phi) is 5.78. The maximum absolute atomic E-state index is 10.7. The van der Waals surface area contributed by atoms with Crippen molar-refractivity contribution in [3.05, 3.63) is 11.9 Å². The molecule has 6 nitrogen and oxygen atoms in total. The van der Waals surface area contributed by atoms with Gasteiger partial charge in [0, 0.05) is 18.4 Å². The molecule has 1 aliphatic heterocycles. The molecular weight excluding hydrogens is 297 g/mol. The fourth-order valence-electron chi connectivity index (χ4n) is 1.59. The Bertz CT molecular complexity index is 410. The van der Waals surface area contributed by atoms with Crippen LogP contribution in [0.2, 0.25) is 0 Å². The molecule has 1 aliphatic rings. The van der Waals surface area contributed by atoms with Crippen LogP contribution in [0.3, 0.4) is 0 Å². The first kappa shape index (κ1) is 16.5. The molecule has 1 heterocycles. The summed E-state index contributed by atoms with van der Waals surface area (Å²) in [6.07, 6.45) is 1.37. The van der Waals surface area contributed by atoms with Crippen molar-refractivity contribution in [1.29, 1.82) is 0 Å². The first-order chi connectivity index (χ1) is 8.13. The lowest BCUT2D eigenvalue weighted by Crippen LogP contribution is -2.23. The topological polar surface area (TPSA) is 96.2 Å². The molecule has 10 heteroatoms. The summed E-state index contributed by atoms with van der Waals surface area (Å²) in [4.78, 5) is 27.2. The first-order valence-corrected chi connectivity index (χ1v) is 10.1. The zero-order chi connectivity index (χ0) is 14.0. The highest BCUT2D eigenvalue weighted by molar-refractivity contribution is 8.09. The van der Waals surface area contributed by atoms with E-state index in [4.69, 9.17) is 30.9 Å². The number of ether oxygens (including phenoxy) is 1. The zero-order valence-electron chi connectivity index (χ0n) is 10.2. The Morgan fingerprint density at radius 1 is 1.56 bits per heavy atom. The van der Waals surface area contributed by atoms with Crippen molar-refractivity contribution in [3.63, 3.8) is 0 Å². The normalized spacial score (nSPS) is 32.8. The smallest absolute Gasteiger partial charge is 0.348 e. The molecule has 2 unspecified atom stereocenters. The summed E-state index contributed by atoms with van der Waals surface area (Å²) >= 11 is 4.94. The van der Waals surface area contributed by atoms with E-state index in [0.29, 0.717) is 12.6 Å². The van der Waals surface area contributed by atoms with Crippen LogP contribution in [0.25, 0.3) is 0 Å². The van der Waals surface area contributed by atoms with Crippen LogP contribution >= 0.6 is 14.1 Å². The van der Waals surface area contributed by atoms with Gasteiger partial charge in [-0.05, 0) is 17.9 Å². The second-order valence-electron chi connectivity index (χ2n) is 4.14. The van der Waals surface area contributed by atoms with Crippen molar-refractivity contribution >= 4 is 33.7 Å². The van der Waals surface area contributed by atoms with Gasteiger partial charge in [0.1, 0.15) is 7.85 Å². The summed E-state index contributed by atoms with van der Waals surface area (Å²) in [5.41, 5.74) is 0. The highest BCUT2D eigenvalue weighted by Crippen LogP contribution is 2.46.